The van der Waals surface area contributed by atoms with E-state index >= 15 is 0 Å². The van der Waals surface area contributed by atoms with Crippen LogP contribution in [-0.2, 0) is 0 Å². The SMILES string of the molecule is CCC1=C2C(C)CNC(C)(C)C(C)(CC)C2C1(C)SC. The summed E-state index contributed by atoms with van der Waals surface area (Å²) in [6, 6.07) is 0. The number of thioether (sulfide) groups is 1. The molecule has 116 valence electrons. The van der Waals surface area contributed by atoms with Gasteiger partial charge < -0.3 is 5.32 Å². The van der Waals surface area contributed by atoms with Crippen molar-refractivity contribution in [2.75, 3.05) is 12.8 Å². The summed E-state index contributed by atoms with van der Waals surface area (Å²) in [6.45, 7) is 18.1. The predicted octanol–water partition coefficient (Wildman–Crippen LogP) is 4.88. The van der Waals surface area contributed by atoms with E-state index in [9.17, 15) is 0 Å². The number of rotatable bonds is 3. The molecule has 0 aromatic heterocycles. The minimum atomic E-state index is 0.193. The Morgan fingerprint density at radius 1 is 1.20 bits per heavy atom. The van der Waals surface area contributed by atoms with Crippen LogP contribution in [0.25, 0.3) is 0 Å². The molecule has 2 heteroatoms. The van der Waals surface area contributed by atoms with Gasteiger partial charge in [-0.25, -0.2) is 0 Å². The lowest BCUT2D eigenvalue weighted by molar-refractivity contribution is 0.0549. The second-order valence-electron chi connectivity index (χ2n) is 7.71. The molecule has 20 heavy (non-hydrogen) atoms. The summed E-state index contributed by atoms with van der Waals surface area (Å²) >= 11 is 2.08. The highest BCUT2D eigenvalue weighted by Crippen LogP contribution is 2.65. The molecule has 1 N–H and O–H groups in total. The summed E-state index contributed by atoms with van der Waals surface area (Å²) < 4.78 is 0.340. The zero-order valence-electron chi connectivity index (χ0n) is 14.7. The van der Waals surface area contributed by atoms with Crippen molar-refractivity contribution >= 4 is 11.8 Å². The standard InChI is InChI=1S/C18H33NS/c1-9-13-14-12(3)11-19-16(4,5)17(6,10-2)15(14)18(13,7)20-8/h12,15,19H,9-11H2,1-8H3. The van der Waals surface area contributed by atoms with E-state index in [1.165, 1.54) is 12.8 Å². The normalized spacial score (nSPS) is 43.8. The van der Waals surface area contributed by atoms with Crippen LogP contribution in [0.15, 0.2) is 11.1 Å². The van der Waals surface area contributed by atoms with E-state index in [1.54, 1.807) is 11.1 Å². The van der Waals surface area contributed by atoms with Gasteiger partial charge in [0, 0.05) is 22.7 Å². The molecule has 0 spiro atoms. The van der Waals surface area contributed by atoms with E-state index in [1.807, 2.05) is 0 Å². The summed E-state index contributed by atoms with van der Waals surface area (Å²) in [4.78, 5) is 0. The lowest BCUT2D eigenvalue weighted by Gasteiger charge is -2.61. The average Bonchev–Trinajstić information content (AvgIpc) is 2.47. The highest BCUT2D eigenvalue weighted by Gasteiger charge is 2.62. The maximum Gasteiger partial charge on any atom is 0.0411 e. The fraction of sp³-hybridized carbons (Fsp3) is 0.889. The van der Waals surface area contributed by atoms with E-state index in [0.717, 1.165) is 6.54 Å². The van der Waals surface area contributed by atoms with Crippen molar-refractivity contribution in [3.8, 4) is 0 Å². The van der Waals surface area contributed by atoms with Crippen molar-refractivity contribution < 1.29 is 0 Å². The van der Waals surface area contributed by atoms with Gasteiger partial charge in [0.25, 0.3) is 0 Å². The molecule has 0 amide bonds. The van der Waals surface area contributed by atoms with Crippen molar-refractivity contribution in [1.29, 1.82) is 0 Å². The number of hydrogen-bond donors (Lipinski definition) is 1. The molecule has 0 saturated carbocycles. The van der Waals surface area contributed by atoms with Gasteiger partial charge in [-0.2, -0.15) is 11.8 Å². The summed E-state index contributed by atoms with van der Waals surface area (Å²) in [6.07, 6.45) is 4.76. The lowest BCUT2D eigenvalue weighted by Crippen LogP contribution is -2.61. The molecule has 4 unspecified atom stereocenters. The Morgan fingerprint density at radius 3 is 2.25 bits per heavy atom. The van der Waals surface area contributed by atoms with E-state index < -0.39 is 0 Å². The molecule has 0 aromatic carbocycles. The van der Waals surface area contributed by atoms with Crippen LogP contribution in [-0.4, -0.2) is 23.1 Å². The number of fused-ring (bicyclic) bond motifs is 1. The number of nitrogens with one attached hydrogen (secondary N) is 1. The quantitative estimate of drug-likeness (QED) is 0.745. The molecule has 1 aliphatic carbocycles. The van der Waals surface area contributed by atoms with Gasteiger partial charge in [-0.3, -0.25) is 0 Å². The molecule has 1 fully saturated rings. The zero-order chi connectivity index (χ0) is 15.3. The molecule has 1 saturated heterocycles. The maximum absolute atomic E-state index is 3.88. The third-order valence-electron chi connectivity index (χ3n) is 6.77. The fourth-order valence-corrected chi connectivity index (χ4v) is 6.04. The maximum atomic E-state index is 3.88. The molecular formula is C18H33NS. The summed E-state index contributed by atoms with van der Waals surface area (Å²) in [5, 5.41) is 3.88. The minimum Gasteiger partial charge on any atom is -0.311 e. The summed E-state index contributed by atoms with van der Waals surface area (Å²) in [7, 11) is 0. The summed E-state index contributed by atoms with van der Waals surface area (Å²) in [5.41, 5.74) is 4.04. The van der Waals surface area contributed by atoms with Crippen molar-refractivity contribution in [3.05, 3.63) is 11.1 Å². The van der Waals surface area contributed by atoms with Crippen LogP contribution in [0, 0.1) is 17.3 Å². The molecule has 2 rings (SSSR count). The Balaban J connectivity index is 2.63. The first kappa shape index (κ1) is 16.4. The second-order valence-corrected chi connectivity index (χ2v) is 8.97. The smallest absolute Gasteiger partial charge is 0.0411 e. The molecule has 1 heterocycles. The molecular weight excluding hydrogens is 262 g/mol. The summed E-state index contributed by atoms with van der Waals surface area (Å²) in [5.74, 6) is 1.40. The van der Waals surface area contributed by atoms with Crippen molar-refractivity contribution in [2.24, 2.45) is 17.3 Å². The molecule has 1 aliphatic heterocycles. The van der Waals surface area contributed by atoms with Crippen LogP contribution in [0.5, 0.6) is 0 Å². The van der Waals surface area contributed by atoms with Crippen LogP contribution in [0.2, 0.25) is 0 Å². The van der Waals surface area contributed by atoms with E-state index in [-0.39, 0.29) is 5.54 Å². The molecule has 4 atom stereocenters. The fourth-order valence-electron chi connectivity index (χ4n) is 4.91. The minimum absolute atomic E-state index is 0.193. The van der Waals surface area contributed by atoms with Gasteiger partial charge in [0.05, 0.1) is 0 Å². The van der Waals surface area contributed by atoms with Gasteiger partial charge in [0.2, 0.25) is 0 Å². The average molecular weight is 296 g/mol. The predicted molar refractivity (Wildman–Crippen MR) is 92.4 cm³/mol. The lowest BCUT2D eigenvalue weighted by atomic mass is 9.49. The molecule has 0 aromatic rings. The molecule has 0 bridgehead atoms. The van der Waals surface area contributed by atoms with Crippen LogP contribution < -0.4 is 5.32 Å². The van der Waals surface area contributed by atoms with Gasteiger partial charge >= 0.3 is 0 Å². The first-order valence-corrected chi connectivity index (χ1v) is 9.45. The highest BCUT2D eigenvalue weighted by molar-refractivity contribution is 8.00. The largest absolute Gasteiger partial charge is 0.311 e. The Kier molecular flexibility index (Phi) is 4.15. The zero-order valence-corrected chi connectivity index (χ0v) is 15.5. The first-order chi connectivity index (χ1) is 9.19. The molecule has 2 aliphatic rings. The van der Waals surface area contributed by atoms with Gasteiger partial charge in [0.15, 0.2) is 0 Å². The van der Waals surface area contributed by atoms with E-state index in [2.05, 4.69) is 71.8 Å². The van der Waals surface area contributed by atoms with Gasteiger partial charge in [0.1, 0.15) is 0 Å². The van der Waals surface area contributed by atoms with Crippen LogP contribution >= 0.6 is 11.8 Å². The Labute approximate surface area is 130 Å². The second kappa shape index (κ2) is 5.05. The van der Waals surface area contributed by atoms with Crippen molar-refractivity contribution in [2.45, 2.75) is 71.6 Å². The monoisotopic (exact) mass is 295 g/mol. The molecule has 1 nitrogen and oxygen atoms in total. The van der Waals surface area contributed by atoms with Crippen LogP contribution in [0.3, 0.4) is 0 Å². The van der Waals surface area contributed by atoms with Gasteiger partial charge in [-0.1, -0.05) is 38.8 Å². The van der Waals surface area contributed by atoms with E-state index in [4.69, 9.17) is 0 Å². The Bertz CT molecular complexity index is 425. The van der Waals surface area contributed by atoms with Crippen molar-refractivity contribution in [3.63, 3.8) is 0 Å². The van der Waals surface area contributed by atoms with Gasteiger partial charge in [-0.05, 0) is 51.2 Å². The van der Waals surface area contributed by atoms with Gasteiger partial charge in [-0.15, -0.1) is 0 Å². The van der Waals surface area contributed by atoms with Crippen LogP contribution in [0.1, 0.15) is 61.3 Å². The van der Waals surface area contributed by atoms with Crippen LogP contribution in [0.4, 0.5) is 0 Å². The molecule has 0 radical (unpaired) electrons. The number of hydrogen-bond acceptors (Lipinski definition) is 2. The first-order valence-electron chi connectivity index (χ1n) is 8.23. The topological polar surface area (TPSA) is 12.0 Å². The van der Waals surface area contributed by atoms with Crippen molar-refractivity contribution in [1.82, 2.24) is 5.32 Å². The Hall–Kier alpha value is 0.0500. The Morgan fingerprint density at radius 2 is 1.80 bits per heavy atom. The highest BCUT2D eigenvalue weighted by atomic mass is 32.2. The van der Waals surface area contributed by atoms with E-state index in [0.29, 0.717) is 22.0 Å². The third-order valence-corrected chi connectivity index (χ3v) is 8.10. The third kappa shape index (κ3) is 1.86.